The van der Waals surface area contributed by atoms with Gasteiger partial charge in [-0.15, -0.1) is 11.3 Å². The fourth-order valence-electron chi connectivity index (χ4n) is 4.52. The molecule has 0 aliphatic carbocycles. The lowest BCUT2D eigenvalue weighted by Gasteiger charge is -2.39. The summed E-state index contributed by atoms with van der Waals surface area (Å²) in [6.07, 6.45) is 2.65. The first-order valence-corrected chi connectivity index (χ1v) is 12.0. The van der Waals surface area contributed by atoms with E-state index in [2.05, 4.69) is 25.4 Å². The second kappa shape index (κ2) is 9.56. The van der Waals surface area contributed by atoms with Gasteiger partial charge >= 0.3 is 0 Å². The van der Waals surface area contributed by atoms with E-state index in [4.69, 9.17) is 0 Å². The number of aromatic nitrogens is 1. The third-order valence-corrected chi connectivity index (χ3v) is 7.62. The van der Waals surface area contributed by atoms with E-state index in [0.717, 1.165) is 68.4 Å². The van der Waals surface area contributed by atoms with Crippen LogP contribution in [0.1, 0.15) is 43.1 Å². The van der Waals surface area contributed by atoms with Gasteiger partial charge in [0.2, 0.25) is 0 Å². The number of piperidine rings is 2. The van der Waals surface area contributed by atoms with Gasteiger partial charge in [-0.2, -0.15) is 0 Å². The zero-order chi connectivity index (χ0) is 22.7. The lowest BCUT2D eigenvalue weighted by molar-refractivity contribution is -0.123. The van der Waals surface area contributed by atoms with Gasteiger partial charge in [-0.3, -0.25) is 9.59 Å². The summed E-state index contributed by atoms with van der Waals surface area (Å²) < 4.78 is 0. The lowest BCUT2D eigenvalue weighted by atomic mass is 9.84. The van der Waals surface area contributed by atoms with Crippen LogP contribution in [0, 0.1) is 0 Å². The minimum absolute atomic E-state index is 0.167. The molecule has 1 aromatic heterocycles. The van der Waals surface area contributed by atoms with Crippen molar-refractivity contribution < 1.29 is 14.7 Å². The molecule has 0 spiro atoms. The maximum absolute atomic E-state index is 12.9. The number of carbonyl (C=O) groups excluding carboxylic acids is 2. The Morgan fingerprint density at radius 1 is 1.12 bits per heavy atom. The van der Waals surface area contributed by atoms with E-state index < -0.39 is 5.54 Å². The number of benzene rings is 1. The van der Waals surface area contributed by atoms with Crippen molar-refractivity contribution in [1.29, 1.82) is 0 Å². The predicted molar refractivity (Wildman–Crippen MR) is 128 cm³/mol. The Morgan fingerprint density at radius 3 is 2.47 bits per heavy atom. The maximum atomic E-state index is 12.9. The molecule has 172 valence electrons. The van der Waals surface area contributed by atoms with Crippen LogP contribution in [0.3, 0.4) is 0 Å². The second-order valence-electron chi connectivity index (χ2n) is 8.58. The molecule has 2 aliphatic rings. The number of ketones is 1. The second-order valence-corrected chi connectivity index (χ2v) is 9.42. The number of aliphatic hydroxyl groups excluding tert-OH is 1. The van der Waals surface area contributed by atoms with E-state index in [1.54, 1.807) is 12.3 Å². The summed E-state index contributed by atoms with van der Waals surface area (Å²) in [5, 5.41) is 18.6. The van der Waals surface area contributed by atoms with Crippen LogP contribution >= 0.6 is 11.3 Å². The molecule has 1 aromatic carbocycles. The Morgan fingerprint density at radius 2 is 1.81 bits per heavy atom. The molecule has 4 rings (SSSR count). The third kappa shape index (κ3) is 4.65. The van der Waals surface area contributed by atoms with E-state index in [9.17, 15) is 14.7 Å². The number of likely N-dealkylation sites (N-methyl/N-ethyl adjacent to an activating group) is 1. The Labute approximate surface area is 192 Å². The molecule has 0 unspecified atom stereocenters. The first-order valence-electron chi connectivity index (χ1n) is 11.2. The van der Waals surface area contributed by atoms with Gasteiger partial charge < -0.3 is 25.5 Å². The predicted octanol–water partition coefficient (Wildman–Crippen LogP) is 2.50. The molecular formula is C23H31N5O3S. The van der Waals surface area contributed by atoms with E-state index in [0.29, 0.717) is 5.69 Å². The average Bonchev–Trinajstić information content (AvgIpc) is 3.30. The molecule has 2 saturated heterocycles. The highest BCUT2D eigenvalue weighted by Crippen LogP contribution is 2.31. The number of nitrogens with zero attached hydrogens (tertiary/aromatic N) is 3. The lowest BCUT2D eigenvalue weighted by Crippen LogP contribution is -2.56. The van der Waals surface area contributed by atoms with Crippen molar-refractivity contribution in [3.8, 4) is 0 Å². The topological polar surface area (TPSA) is 97.8 Å². The van der Waals surface area contributed by atoms with Crippen LogP contribution in [0.25, 0.3) is 0 Å². The minimum atomic E-state index is -0.456. The number of anilines is 3. The van der Waals surface area contributed by atoms with Gasteiger partial charge in [0.15, 0.2) is 5.13 Å². The van der Waals surface area contributed by atoms with Crippen LogP contribution in [-0.4, -0.2) is 66.7 Å². The summed E-state index contributed by atoms with van der Waals surface area (Å²) in [5.74, 6) is -0.0666. The van der Waals surface area contributed by atoms with Gasteiger partial charge in [0.25, 0.3) is 5.91 Å². The molecule has 0 radical (unpaired) electrons. The number of nitrogens with one attached hydrogen (secondary N) is 2. The first-order chi connectivity index (χ1) is 15.4. The Bertz CT molecular complexity index is 962. The van der Waals surface area contributed by atoms with Crippen molar-refractivity contribution in [1.82, 2.24) is 10.3 Å². The van der Waals surface area contributed by atoms with E-state index in [1.807, 2.05) is 31.3 Å². The van der Waals surface area contributed by atoms with E-state index in [-0.39, 0.29) is 17.8 Å². The van der Waals surface area contributed by atoms with Crippen LogP contribution < -0.4 is 20.4 Å². The van der Waals surface area contributed by atoms with Gasteiger partial charge in [0.05, 0.1) is 23.0 Å². The molecule has 8 nitrogen and oxygen atoms in total. The summed E-state index contributed by atoms with van der Waals surface area (Å²) in [6.45, 7) is 4.61. The fourth-order valence-corrected chi connectivity index (χ4v) is 5.38. The van der Waals surface area contributed by atoms with E-state index >= 15 is 0 Å². The van der Waals surface area contributed by atoms with Crippen LogP contribution in [0.2, 0.25) is 0 Å². The quantitative estimate of drug-likeness (QED) is 0.613. The van der Waals surface area contributed by atoms with Crippen LogP contribution in [-0.2, 0) is 4.79 Å². The third-order valence-electron chi connectivity index (χ3n) is 6.72. The van der Waals surface area contributed by atoms with Crippen molar-refractivity contribution in [2.45, 2.75) is 44.2 Å². The highest BCUT2D eigenvalue weighted by molar-refractivity contribution is 7.14. The molecule has 32 heavy (non-hydrogen) atoms. The number of amides is 1. The van der Waals surface area contributed by atoms with Crippen molar-refractivity contribution in [2.75, 3.05) is 48.3 Å². The normalized spacial score (nSPS) is 19.1. The van der Waals surface area contributed by atoms with Gasteiger partial charge in [-0.25, -0.2) is 4.98 Å². The number of Topliss-reactive ketones (excluding diaryl/α,β-unsaturated/α-hetero) is 1. The summed E-state index contributed by atoms with van der Waals surface area (Å²) in [4.78, 5) is 33.9. The van der Waals surface area contributed by atoms with Crippen molar-refractivity contribution in [3.05, 3.63) is 35.3 Å². The van der Waals surface area contributed by atoms with Gasteiger partial charge in [0.1, 0.15) is 11.5 Å². The molecule has 3 N–H and O–H groups in total. The molecule has 1 amide bonds. The molecule has 3 heterocycles. The molecular weight excluding hydrogens is 426 g/mol. The SMILES string of the molecule is CNC1(C(C)=O)CCN(c2nc(C(=O)Nc3ccccc3N3CCC(O)CC3)cs2)CC1. The number of rotatable bonds is 6. The van der Waals surface area contributed by atoms with Gasteiger partial charge in [-0.05, 0) is 51.8 Å². The van der Waals surface area contributed by atoms with Crippen molar-refractivity contribution in [2.24, 2.45) is 0 Å². The number of hydrogen-bond donors (Lipinski definition) is 3. The molecule has 2 fully saturated rings. The smallest absolute Gasteiger partial charge is 0.275 e. The Balaban J connectivity index is 1.42. The highest BCUT2D eigenvalue weighted by atomic mass is 32.1. The molecule has 2 aliphatic heterocycles. The molecule has 0 bridgehead atoms. The number of aliphatic hydroxyl groups is 1. The van der Waals surface area contributed by atoms with Crippen LogP contribution in [0.4, 0.5) is 16.5 Å². The van der Waals surface area contributed by atoms with Crippen molar-refractivity contribution in [3.63, 3.8) is 0 Å². The summed E-state index contributed by atoms with van der Waals surface area (Å²) in [5.41, 5.74) is 1.65. The van der Waals surface area contributed by atoms with Crippen LogP contribution in [0.15, 0.2) is 29.6 Å². The average molecular weight is 458 g/mol. The number of hydrogen-bond acceptors (Lipinski definition) is 8. The number of carbonyl (C=O) groups is 2. The minimum Gasteiger partial charge on any atom is -0.393 e. The molecule has 2 aromatic rings. The highest BCUT2D eigenvalue weighted by Gasteiger charge is 2.38. The molecule has 9 heteroatoms. The van der Waals surface area contributed by atoms with Gasteiger partial charge in [0, 0.05) is 31.6 Å². The Kier molecular flexibility index (Phi) is 6.78. The van der Waals surface area contributed by atoms with Crippen molar-refractivity contribution >= 4 is 39.5 Å². The van der Waals surface area contributed by atoms with Gasteiger partial charge in [-0.1, -0.05) is 12.1 Å². The Hall–Kier alpha value is -2.49. The zero-order valence-corrected chi connectivity index (χ0v) is 19.5. The number of para-hydroxylation sites is 2. The van der Waals surface area contributed by atoms with E-state index in [1.165, 1.54) is 11.3 Å². The fraction of sp³-hybridized carbons (Fsp3) is 0.522. The largest absolute Gasteiger partial charge is 0.393 e. The maximum Gasteiger partial charge on any atom is 0.275 e. The summed E-state index contributed by atoms with van der Waals surface area (Å²) in [7, 11) is 1.84. The first kappa shape index (κ1) is 22.7. The standard InChI is InChI=1S/C23H31N5O3S/c1-16(29)23(24-2)9-13-28(14-10-23)22-26-19(15-32-22)21(31)25-18-5-3-4-6-20(18)27-11-7-17(30)8-12-27/h3-6,15,17,24,30H,7-14H2,1-2H3,(H,25,31). The zero-order valence-electron chi connectivity index (χ0n) is 18.6. The van der Waals surface area contributed by atoms with Crippen LogP contribution in [0.5, 0.6) is 0 Å². The molecule has 0 saturated carbocycles. The number of thiazole rings is 1. The monoisotopic (exact) mass is 457 g/mol. The summed E-state index contributed by atoms with van der Waals surface area (Å²) in [6, 6.07) is 7.76. The molecule has 0 atom stereocenters. The summed E-state index contributed by atoms with van der Waals surface area (Å²) >= 11 is 1.45.